The maximum Gasteiger partial charge on any atom is 0.326 e. The van der Waals surface area contributed by atoms with Crippen molar-refractivity contribution in [2.75, 3.05) is 6.54 Å². The third-order valence-electron chi connectivity index (χ3n) is 2.07. The summed E-state index contributed by atoms with van der Waals surface area (Å²) in [7, 11) is 0. The summed E-state index contributed by atoms with van der Waals surface area (Å²) in [5.74, 6) is -3.03. The second-order valence-corrected chi connectivity index (χ2v) is 4.36. The normalized spacial score (nSPS) is 11.6. The molecule has 0 aromatic carbocycles. The molecule has 0 aromatic heterocycles. The van der Waals surface area contributed by atoms with Gasteiger partial charge in [0, 0.05) is 19.0 Å². The van der Waals surface area contributed by atoms with Crippen LogP contribution in [0.15, 0.2) is 0 Å². The summed E-state index contributed by atoms with van der Waals surface area (Å²) in [6.45, 7) is 3.60. The van der Waals surface area contributed by atoms with Gasteiger partial charge in [-0.05, 0) is 13.8 Å². The lowest BCUT2D eigenvalue weighted by Crippen LogP contribution is -2.47. The van der Waals surface area contributed by atoms with E-state index in [1.54, 1.807) is 13.8 Å². The van der Waals surface area contributed by atoms with Crippen LogP contribution in [0.2, 0.25) is 0 Å². The summed E-state index contributed by atoms with van der Waals surface area (Å²) in [5, 5.41) is 24.1. The first-order chi connectivity index (χ1) is 9.22. The average Bonchev–Trinajstić information content (AvgIpc) is 2.26. The predicted molar refractivity (Wildman–Crippen MR) is 68.1 cm³/mol. The van der Waals surface area contributed by atoms with Crippen molar-refractivity contribution in [2.45, 2.75) is 38.8 Å². The molecule has 0 spiro atoms. The lowest BCUT2D eigenvalue weighted by atomic mass is 10.2. The molecule has 0 bridgehead atoms. The number of carboxylic acids is 2. The van der Waals surface area contributed by atoms with E-state index >= 15 is 0 Å². The molecular weight excluding hydrogens is 270 g/mol. The topological polar surface area (TPSA) is 145 Å². The Morgan fingerprint density at radius 3 is 2.10 bits per heavy atom. The van der Waals surface area contributed by atoms with Crippen LogP contribution >= 0.6 is 0 Å². The Labute approximate surface area is 115 Å². The molecule has 0 aliphatic carbocycles. The average molecular weight is 289 g/mol. The zero-order valence-corrected chi connectivity index (χ0v) is 11.3. The van der Waals surface area contributed by atoms with Gasteiger partial charge in [-0.2, -0.15) is 0 Å². The smallest absolute Gasteiger partial charge is 0.326 e. The van der Waals surface area contributed by atoms with Crippen LogP contribution in [-0.4, -0.2) is 52.7 Å². The van der Waals surface area contributed by atoms with E-state index in [4.69, 9.17) is 10.2 Å². The lowest BCUT2D eigenvalue weighted by Gasteiger charge is -2.13. The minimum absolute atomic E-state index is 0.0108. The molecule has 9 nitrogen and oxygen atoms in total. The number of nitrogens with one attached hydrogen (secondary N) is 3. The Morgan fingerprint density at radius 1 is 1.05 bits per heavy atom. The lowest BCUT2D eigenvalue weighted by molar-refractivity contribution is -0.145. The van der Waals surface area contributed by atoms with E-state index in [0.29, 0.717) is 0 Å². The highest BCUT2D eigenvalue weighted by Gasteiger charge is 2.22. The van der Waals surface area contributed by atoms with Crippen molar-refractivity contribution in [2.24, 2.45) is 0 Å². The minimum atomic E-state index is -1.52. The SMILES string of the molecule is CC(C)NC(=O)CCNC(=O)NC(CC(=O)O)C(=O)O. The predicted octanol–water partition coefficient (Wildman–Crippen LogP) is -0.872. The summed E-state index contributed by atoms with van der Waals surface area (Å²) in [4.78, 5) is 43.7. The van der Waals surface area contributed by atoms with Crippen LogP contribution < -0.4 is 16.0 Å². The molecular formula is C11H19N3O6. The van der Waals surface area contributed by atoms with Crippen LogP contribution in [0.1, 0.15) is 26.7 Å². The highest BCUT2D eigenvalue weighted by Crippen LogP contribution is 1.92. The van der Waals surface area contributed by atoms with Crippen molar-refractivity contribution >= 4 is 23.9 Å². The van der Waals surface area contributed by atoms with E-state index in [1.165, 1.54) is 0 Å². The van der Waals surface area contributed by atoms with Gasteiger partial charge in [0.25, 0.3) is 0 Å². The third kappa shape index (κ3) is 8.72. The first-order valence-electron chi connectivity index (χ1n) is 6.00. The maximum atomic E-state index is 11.3. The molecule has 0 saturated heterocycles. The van der Waals surface area contributed by atoms with Gasteiger partial charge in [0.2, 0.25) is 5.91 Å². The first kappa shape index (κ1) is 17.7. The number of hydrogen-bond donors (Lipinski definition) is 5. The molecule has 0 saturated carbocycles. The first-order valence-corrected chi connectivity index (χ1v) is 6.00. The second-order valence-electron chi connectivity index (χ2n) is 4.36. The molecule has 9 heteroatoms. The van der Waals surface area contributed by atoms with E-state index < -0.39 is 30.4 Å². The van der Waals surface area contributed by atoms with E-state index in [2.05, 4.69) is 10.6 Å². The van der Waals surface area contributed by atoms with E-state index in [9.17, 15) is 19.2 Å². The third-order valence-corrected chi connectivity index (χ3v) is 2.07. The van der Waals surface area contributed by atoms with Crippen molar-refractivity contribution in [3.63, 3.8) is 0 Å². The van der Waals surface area contributed by atoms with Gasteiger partial charge in [0.15, 0.2) is 0 Å². The Balaban J connectivity index is 4.05. The molecule has 0 aliphatic heterocycles. The van der Waals surface area contributed by atoms with Gasteiger partial charge in [0.1, 0.15) is 6.04 Å². The zero-order chi connectivity index (χ0) is 15.7. The Hall–Kier alpha value is -2.32. The Bertz CT molecular complexity index is 382. The monoisotopic (exact) mass is 289 g/mol. The number of carbonyl (C=O) groups is 4. The molecule has 0 rings (SSSR count). The highest BCUT2D eigenvalue weighted by molar-refractivity contribution is 5.86. The number of carboxylic acid groups (broad SMARTS) is 2. The van der Waals surface area contributed by atoms with E-state index in [-0.39, 0.29) is 24.9 Å². The summed E-state index contributed by atoms with van der Waals surface area (Å²) in [6.07, 6.45) is -0.682. The van der Waals surface area contributed by atoms with Crippen LogP contribution in [0.3, 0.4) is 0 Å². The van der Waals surface area contributed by atoms with Crippen molar-refractivity contribution in [1.29, 1.82) is 0 Å². The van der Waals surface area contributed by atoms with Gasteiger partial charge in [-0.15, -0.1) is 0 Å². The van der Waals surface area contributed by atoms with Gasteiger partial charge >= 0.3 is 18.0 Å². The Kier molecular flexibility index (Phi) is 7.71. The summed E-state index contributed by atoms with van der Waals surface area (Å²) >= 11 is 0. The number of aliphatic carboxylic acids is 2. The molecule has 3 amide bonds. The number of hydrogen-bond acceptors (Lipinski definition) is 4. The molecule has 0 aromatic rings. The molecule has 1 atom stereocenters. The Morgan fingerprint density at radius 2 is 1.65 bits per heavy atom. The quantitative estimate of drug-likeness (QED) is 0.392. The van der Waals surface area contributed by atoms with Gasteiger partial charge in [-0.25, -0.2) is 9.59 Å². The van der Waals surface area contributed by atoms with E-state index in [0.717, 1.165) is 0 Å². The number of amides is 3. The highest BCUT2D eigenvalue weighted by atomic mass is 16.4. The van der Waals surface area contributed by atoms with Crippen molar-refractivity contribution in [1.82, 2.24) is 16.0 Å². The molecule has 20 heavy (non-hydrogen) atoms. The van der Waals surface area contributed by atoms with Crippen LogP contribution in [-0.2, 0) is 14.4 Å². The molecule has 5 N–H and O–H groups in total. The van der Waals surface area contributed by atoms with Gasteiger partial charge < -0.3 is 26.2 Å². The van der Waals surface area contributed by atoms with Gasteiger partial charge in [-0.1, -0.05) is 0 Å². The van der Waals surface area contributed by atoms with Crippen molar-refractivity contribution in [3.05, 3.63) is 0 Å². The summed E-state index contributed by atoms with van der Waals surface area (Å²) in [5.41, 5.74) is 0. The largest absolute Gasteiger partial charge is 0.481 e. The van der Waals surface area contributed by atoms with Crippen LogP contribution in [0.4, 0.5) is 4.79 Å². The summed E-state index contributed by atoms with van der Waals surface area (Å²) < 4.78 is 0. The standard InChI is InChI=1S/C11H19N3O6/c1-6(2)13-8(15)3-4-12-11(20)14-7(10(18)19)5-9(16)17/h6-7H,3-5H2,1-2H3,(H,13,15)(H,16,17)(H,18,19)(H2,12,14,20). The number of rotatable bonds is 8. The summed E-state index contributed by atoms with van der Waals surface area (Å²) in [6, 6.07) is -2.36. The van der Waals surface area contributed by atoms with Crippen molar-refractivity contribution < 1.29 is 29.4 Å². The second kappa shape index (κ2) is 8.73. The molecule has 1 unspecified atom stereocenters. The molecule has 0 radical (unpaired) electrons. The molecule has 0 aliphatic rings. The minimum Gasteiger partial charge on any atom is -0.481 e. The van der Waals surface area contributed by atoms with Crippen LogP contribution in [0, 0.1) is 0 Å². The molecule has 0 heterocycles. The fourth-order valence-corrected chi connectivity index (χ4v) is 1.27. The van der Waals surface area contributed by atoms with E-state index in [1.807, 2.05) is 5.32 Å². The fourth-order valence-electron chi connectivity index (χ4n) is 1.27. The van der Waals surface area contributed by atoms with Crippen LogP contribution in [0.5, 0.6) is 0 Å². The maximum absolute atomic E-state index is 11.3. The van der Waals surface area contributed by atoms with Gasteiger partial charge in [0.05, 0.1) is 6.42 Å². The van der Waals surface area contributed by atoms with Crippen LogP contribution in [0.25, 0.3) is 0 Å². The fraction of sp³-hybridized carbons (Fsp3) is 0.636. The van der Waals surface area contributed by atoms with Crippen molar-refractivity contribution in [3.8, 4) is 0 Å². The molecule has 0 fully saturated rings. The number of urea groups is 1. The van der Waals surface area contributed by atoms with Gasteiger partial charge in [-0.3, -0.25) is 9.59 Å². The zero-order valence-electron chi connectivity index (χ0n) is 11.3. The number of carbonyl (C=O) groups excluding carboxylic acids is 2. The molecule has 114 valence electrons.